The molecule has 3 fully saturated rings. The Labute approximate surface area is 154 Å². The number of phenolic OH excluding ortho intramolecular Hbond substituents is 1. The Kier molecular flexibility index (Phi) is 2.87. The second-order valence-corrected chi connectivity index (χ2v) is 9.17. The van der Waals surface area contributed by atoms with Crippen molar-refractivity contribution < 1.29 is 14.9 Å². The number of benzene rings is 1. The van der Waals surface area contributed by atoms with Gasteiger partial charge in [-0.25, -0.2) is 0 Å². The lowest BCUT2D eigenvalue weighted by Gasteiger charge is -2.61. The summed E-state index contributed by atoms with van der Waals surface area (Å²) in [6.07, 6.45) is 5.59. The number of aromatic hydroxyl groups is 1. The molecule has 5 heteroatoms. The smallest absolute Gasteiger partial charge is 0.166 e. The third kappa shape index (κ3) is 1.53. The predicted molar refractivity (Wildman–Crippen MR) is 98.1 cm³/mol. The highest BCUT2D eigenvalue weighted by atomic mass is 16.5. The molecule has 5 atom stereocenters. The summed E-state index contributed by atoms with van der Waals surface area (Å²) in [6.45, 7) is 3.07. The Bertz CT molecular complexity index is 820. The summed E-state index contributed by atoms with van der Waals surface area (Å²) < 4.78 is 6.55. The van der Waals surface area contributed by atoms with Crippen LogP contribution in [0, 0.1) is 6.92 Å². The highest BCUT2D eigenvalue weighted by Gasteiger charge is 2.72. The highest BCUT2D eigenvalue weighted by molar-refractivity contribution is 5.68. The van der Waals surface area contributed by atoms with Crippen LogP contribution in [0.3, 0.4) is 0 Å². The van der Waals surface area contributed by atoms with Crippen molar-refractivity contribution in [2.75, 3.05) is 13.6 Å². The minimum Gasteiger partial charge on any atom is -0.504 e. The molecule has 26 heavy (non-hydrogen) atoms. The van der Waals surface area contributed by atoms with Crippen LogP contribution in [0.25, 0.3) is 0 Å². The van der Waals surface area contributed by atoms with E-state index in [1.807, 2.05) is 7.05 Å². The normalized spacial score (nSPS) is 42.3. The SMILES string of the molecule is CN[C@@H]1CC[C@@]2(O)[C@H]3Cc4c(C)c(C5CC5)c(O)c5c4[C@@]2(CCN3)[C@H]1O5. The van der Waals surface area contributed by atoms with E-state index in [1.165, 1.54) is 11.1 Å². The van der Waals surface area contributed by atoms with Gasteiger partial charge in [0.25, 0.3) is 0 Å². The highest BCUT2D eigenvalue weighted by Crippen LogP contribution is 2.66. The lowest BCUT2D eigenvalue weighted by atomic mass is 9.48. The fourth-order valence-electron chi connectivity index (χ4n) is 6.95. The van der Waals surface area contributed by atoms with Gasteiger partial charge in [-0.1, -0.05) is 0 Å². The number of phenols is 1. The van der Waals surface area contributed by atoms with E-state index >= 15 is 0 Å². The minimum atomic E-state index is -0.790. The minimum absolute atomic E-state index is 0.0777. The molecule has 5 nitrogen and oxygen atoms in total. The molecule has 0 aromatic heterocycles. The number of piperidine rings is 1. The Morgan fingerprint density at radius 2 is 2.04 bits per heavy atom. The van der Waals surface area contributed by atoms with Gasteiger partial charge < -0.3 is 25.6 Å². The van der Waals surface area contributed by atoms with E-state index < -0.39 is 11.0 Å². The lowest BCUT2D eigenvalue weighted by Crippen LogP contribution is -2.77. The molecule has 1 spiro atoms. The quantitative estimate of drug-likeness (QED) is 0.648. The van der Waals surface area contributed by atoms with E-state index in [1.54, 1.807) is 0 Å². The Morgan fingerprint density at radius 3 is 2.77 bits per heavy atom. The van der Waals surface area contributed by atoms with Gasteiger partial charge in [-0.05, 0) is 76.1 Å². The maximum atomic E-state index is 11.9. The van der Waals surface area contributed by atoms with Gasteiger partial charge in [-0.3, -0.25) is 0 Å². The fourth-order valence-corrected chi connectivity index (χ4v) is 6.95. The molecule has 2 aliphatic heterocycles. The van der Waals surface area contributed by atoms with E-state index in [0.717, 1.165) is 56.2 Å². The Balaban J connectivity index is 1.68. The van der Waals surface area contributed by atoms with Crippen molar-refractivity contribution in [1.82, 2.24) is 10.6 Å². The van der Waals surface area contributed by atoms with Crippen molar-refractivity contribution in [3.63, 3.8) is 0 Å². The zero-order valence-corrected chi connectivity index (χ0v) is 15.6. The summed E-state index contributed by atoms with van der Waals surface area (Å²) in [5.41, 5.74) is 3.64. The Morgan fingerprint density at radius 1 is 1.23 bits per heavy atom. The third-order valence-electron chi connectivity index (χ3n) is 8.26. The van der Waals surface area contributed by atoms with Crippen LogP contribution in [0.4, 0.5) is 0 Å². The molecule has 4 N–H and O–H groups in total. The van der Waals surface area contributed by atoms with Gasteiger partial charge in [0, 0.05) is 23.2 Å². The van der Waals surface area contributed by atoms with Crippen LogP contribution in [0.2, 0.25) is 0 Å². The zero-order chi connectivity index (χ0) is 17.8. The van der Waals surface area contributed by atoms with E-state index in [2.05, 4.69) is 17.6 Å². The van der Waals surface area contributed by atoms with Gasteiger partial charge in [-0.15, -0.1) is 0 Å². The van der Waals surface area contributed by atoms with Crippen LogP contribution in [-0.4, -0.2) is 47.6 Å². The first-order chi connectivity index (χ1) is 12.5. The van der Waals surface area contributed by atoms with Gasteiger partial charge in [0.15, 0.2) is 11.5 Å². The van der Waals surface area contributed by atoms with Gasteiger partial charge in [0.2, 0.25) is 0 Å². The number of aliphatic hydroxyl groups is 1. The van der Waals surface area contributed by atoms with Crippen molar-refractivity contribution >= 4 is 0 Å². The maximum absolute atomic E-state index is 11.9. The summed E-state index contributed by atoms with van der Waals surface area (Å²) in [7, 11) is 1.99. The average molecular weight is 356 g/mol. The molecule has 1 saturated heterocycles. The maximum Gasteiger partial charge on any atom is 0.166 e. The molecule has 2 saturated carbocycles. The van der Waals surface area contributed by atoms with Crippen molar-refractivity contribution in [1.29, 1.82) is 0 Å². The zero-order valence-electron chi connectivity index (χ0n) is 15.6. The summed E-state index contributed by atoms with van der Waals surface area (Å²) in [5, 5.41) is 30.2. The molecular weight excluding hydrogens is 328 g/mol. The van der Waals surface area contributed by atoms with Crippen LogP contribution < -0.4 is 15.4 Å². The van der Waals surface area contributed by atoms with Crippen LogP contribution in [0.1, 0.15) is 60.3 Å². The van der Waals surface area contributed by atoms with Crippen LogP contribution >= 0.6 is 0 Å². The molecule has 6 rings (SSSR count). The number of nitrogens with one attached hydrogen (secondary N) is 2. The summed E-state index contributed by atoms with van der Waals surface area (Å²) in [4.78, 5) is 0. The second kappa shape index (κ2) is 4.75. The van der Waals surface area contributed by atoms with E-state index in [-0.39, 0.29) is 18.2 Å². The number of likely N-dealkylation sites (N-methyl/N-ethyl adjacent to an activating group) is 1. The van der Waals surface area contributed by atoms with Crippen LogP contribution in [-0.2, 0) is 11.8 Å². The van der Waals surface area contributed by atoms with Gasteiger partial charge in [0.1, 0.15) is 6.10 Å². The number of ether oxygens (including phenoxy) is 1. The van der Waals surface area contributed by atoms with Gasteiger partial charge in [-0.2, -0.15) is 0 Å². The summed E-state index contributed by atoms with van der Waals surface area (Å²) in [5.74, 6) is 1.54. The largest absolute Gasteiger partial charge is 0.504 e. The van der Waals surface area contributed by atoms with Crippen LogP contribution in [0.5, 0.6) is 11.5 Å². The number of hydrogen-bond acceptors (Lipinski definition) is 5. The molecule has 2 bridgehead atoms. The van der Waals surface area contributed by atoms with E-state index in [9.17, 15) is 10.2 Å². The van der Waals surface area contributed by atoms with Gasteiger partial charge in [0.05, 0.1) is 11.0 Å². The number of hydrogen-bond donors (Lipinski definition) is 4. The lowest BCUT2D eigenvalue weighted by molar-refractivity contribution is -0.157. The molecule has 1 aromatic rings. The van der Waals surface area contributed by atoms with Crippen molar-refractivity contribution in [2.24, 2.45) is 0 Å². The fraction of sp³-hybridized carbons (Fsp3) is 0.714. The molecule has 5 aliphatic rings. The van der Waals surface area contributed by atoms with Crippen molar-refractivity contribution in [3.8, 4) is 11.5 Å². The second-order valence-electron chi connectivity index (χ2n) is 9.17. The molecule has 0 unspecified atom stereocenters. The first-order valence-corrected chi connectivity index (χ1v) is 10.2. The molecule has 3 aliphatic carbocycles. The standard InChI is InChI=1S/C21H28N2O3/c1-10-12-9-14-21(25)6-5-13(22-2)19-20(21,7-8-23-14)16(12)18(26-19)17(24)15(10)11-3-4-11/h11,13-14,19,22-25H,3-9H2,1-2H3/t13-,14-,19+,20+,21-/m1/s1. The summed E-state index contributed by atoms with van der Waals surface area (Å²) >= 11 is 0. The predicted octanol–water partition coefficient (Wildman–Crippen LogP) is 1.61. The number of rotatable bonds is 2. The first kappa shape index (κ1) is 15.7. The molecule has 0 radical (unpaired) electrons. The molecular formula is C21H28N2O3. The van der Waals surface area contributed by atoms with Crippen LogP contribution in [0.15, 0.2) is 0 Å². The summed E-state index contributed by atoms with van der Waals surface area (Å²) in [6, 6.07) is 0.283. The first-order valence-electron chi connectivity index (χ1n) is 10.2. The Hall–Kier alpha value is -1.30. The third-order valence-corrected chi connectivity index (χ3v) is 8.26. The monoisotopic (exact) mass is 356 g/mol. The average Bonchev–Trinajstić information content (AvgIpc) is 3.37. The molecule has 140 valence electrons. The topological polar surface area (TPSA) is 73.8 Å². The molecule has 2 heterocycles. The molecule has 1 aromatic carbocycles. The van der Waals surface area contributed by atoms with Gasteiger partial charge >= 0.3 is 0 Å². The van der Waals surface area contributed by atoms with E-state index in [4.69, 9.17) is 4.74 Å². The van der Waals surface area contributed by atoms with E-state index in [0.29, 0.717) is 17.4 Å². The van der Waals surface area contributed by atoms with Crippen molar-refractivity contribution in [2.45, 2.75) is 80.6 Å². The molecule has 0 amide bonds. The van der Waals surface area contributed by atoms with Crippen molar-refractivity contribution in [3.05, 3.63) is 22.3 Å².